The Morgan fingerprint density at radius 3 is 2.83 bits per heavy atom. The van der Waals surface area contributed by atoms with Crippen LogP contribution in [0.5, 0.6) is 0 Å². The molecule has 0 aromatic carbocycles. The van der Waals surface area contributed by atoms with E-state index in [1.807, 2.05) is 0 Å². The van der Waals surface area contributed by atoms with Crippen molar-refractivity contribution in [3.05, 3.63) is 0 Å². The zero-order valence-electron chi connectivity index (χ0n) is 7.60. The largest absolute Gasteiger partial charge is 0.465 e. The molecule has 0 aromatic rings. The van der Waals surface area contributed by atoms with Crippen molar-refractivity contribution in [3.8, 4) is 0 Å². The van der Waals surface area contributed by atoms with Gasteiger partial charge in [-0.15, -0.1) is 11.6 Å². The molecule has 0 saturated carbocycles. The van der Waals surface area contributed by atoms with E-state index >= 15 is 0 Å². The van der Waals surface area contributed by atoms with Gasteiger partial charge in [0.05, 0.1) is 6.61 Å². The van der Waals surface area contributed by atoms with E-state index in [-0.39, 0.29) is 12.0 Å². The van der Waals surface area contributed by atoms with Crippen molar-refractivity contribution < 1.29 is 9.53 Å². The normalized spacial score (nSPS) is 12.6. The summed E-state index contributed by atoms with van der Waals surface area (Å²) < 4.78 is 4.80. The lowest BCUT2D eigenvalue weighted by atomic mass is 10.3. The van der Waals surface area contributed by atoms with E-state index in [1.165, 1.54) is 0 Å². The molecule has 3 nitrogen and oxygen atoms in total. The second-order valence-corrected chi connectivity index (χ2v) is 2.85. The number of alkyl halides is 1. The molecule has 72 valence electrons. The van der Waals surface area contributed by atoms with E-state index in [4.69, 9.17) is 16.3 Å². The first kappa shape index (κ1) is 11.7. The summed E-state index contributed by atoms with van der Waals surface area (Å²) in [7, 11) is 0. The van der Waals surface area contributed by atoms with Crippen LogP contribution in [0.1, 0.15) is 20.3 Å². The van der Waals surface area contributed by atoms with Crippen molar-refractivity contribution in [2.45, 2.75) is 26.3 Å². The van der Waals surface area contributed by atoms with Gasteiger partial charge in [0, 0.05) is 5.88 Å². The van der Waals surface area contributed by atoms with Crippen LogP contribution in [0.4, 0.5) is 0 Å². The number of nitrogens with one attached hydrogen (secondary N) is 1. The molecule has 1 N–H and O–H groups in total. The number of ether oxygens (including phenoxy) is 1. The van der Waals surface area contributed by atoms with Gasteiger partial charge in [-0.25, -0.2) is 0 Å². The number of hydrogen-bond acceptors (Lipinski definition) is 3. The molecule has 0 amide bonds. The van der Waals surface area contributed by atoms with Gasteiger partial charge in [-0.3, -0.25) is 4.79 Å². The van der Waals surface area contributed by atoms with Gasteiger partial charge in [0.1, 0.15) is 6.04 Å². The second kappa shape index (κ2) is 7.37. The number of hydrogen-bond donors (Lipinski definition) is 1. The van der Waals surface area contributed by atoms with Crippen LogP contribution < -0.4 is 5.32 Å². The average Bonchev–Trinajstić information content (AvgIpc) is 2.05. The van der Waals surface area contributed by atoms with Gasteiger partial charge in [0.2, 0.25) is 0 Å². The maximum Gasteiger partial charge on any atom is 0.322 e. The quantitative estimate of drug-likeness (QED) is 0.391. The Balaban J connectivity index is 3.42. The Hall–Kier alpha value is -0.280. The molecule has 0 radical (unpaired) electrons. The maximum atomic E-state index is 11.0. The minimum atomic E-state index is -0.229. The summed E-state index contributed by atoms with van der Waals surface area (Å²) in [5, 5.41) is 3.01. The minimum absolute atomic E-state index is 0.202. The fourth-order valence-corrected chi connectivity index (χ4v) is 0.870. The summed E-state index contributed by atoms with van der Waals surface area (Å²) in [4.78, 5) is 11.0. The van der Waals surface area contributed by atoms with E-state index in [1.54, 1.807) is 13.8 Å². The van der Waals surface area contributed by atoms with Crippen molar-refractivity contribution in [1.82, 2.24) is 5.32 Å². The fraction of sp³-hybridized carbons (Fsp3) is 0.875. The summed E-state index contributed by atoms with van der Waals surface area (Å²) in [6.45, 7) is 4.76. The molecule has 12 heavy (non-hydrogen) atoms. The number of rotatable bonds is 6. The molecule has 0 heterocycles. The predicted octanol–water partition coefficient (Wildman–Crippen LogP) is 1.16. The van der Waals surface area contributed by atoms with Crippen LogP contribution in [-0.2, 0) is 9.53 Å². The summed E-state index contributed by atoms with van der Waals surface area (Å²) in [6, 6.07) is -0.229. The number of carbonyl (C=O) groups is 1. The van der Waals surface area contributed by atoms with Crippen LogP contribution in [0.15, 0.2) is 0 Å². The molecule has 0 unspecified atom stereocenters. The molecule has 0 aromatic heterocycles. The molecule has 0 bridgehead atoms. The molecule has 0 aliphatic carbocycles. The van der Waals surface area contributed by atoms with Gasteiger partial charge >= 0.3 is 5.97 Å². The number of halogens is 1. The van der Waals surface area contributed by atoms with Gasteiger partial charge in [0.15, 0.2) is 0 Å². The zero-order chi connectivity index (χ0) is 9.40. The Morgan fingerprint density at radius 2 is 2.33 bits per heavy atom. The van der Waals surface area contributed by atoms with Crippen molar-refractivity contribution >= 4 is 17.6 Å². The third-order valence-electron chi connectivity index (χ3n) is 1.40. The highest BCUT2D eigenvalue weighted by molar-refractivity contribution is 6.17. The third kappa shape index (κ3) is 5.38. The third-order valence-corrected chi connectivity index (χ3v) is 1.67. The summed E-state index contributed by atoms with van der Waals surface area (Å²) >= 11 is 5.47. The second-order valence-electron chi connectivity index (χ2n) is 2.47. The predicted molar refractivity (Wildman–Crippen MR) is 49.4 cm³/mol. The molecule has 4 heteroatoms. The molecule has 0 saturated heterocycles. The molecule has 0 rings (SSSR count). The van der Waals surface area contributed by atoms with Crippen molar-refractivity contribution in [2.75, 3.05) is 19.0 Å². The average molecular weight is 194 g/mol. The maximum absolute atomic E-state index is 11.0. The summed E-state index contributed by atoms with van der Waals surface area (Å²) in [6.07, 6.45) is 0.866. The van der Waals surface area contributed by atoms with Crippen LogP contribution >= 0.6 is 11.6 Å². The van der Waals surface area contributed by atoms with Crippen LogP contribution in [0.25, 0.3) is 0 Å². The standard InChI is InChI=1S/C8H16ClNO2/c1-3-12-8(11)7(2)10-6-4-5-9/h7,10H,3-6H2,1-2H3/t7-/m1/s1. The van der Waals surface area contributed by atoms with Gasteiger partial charge in [0.25, 0.3) is 0 Å². The first-order valence-electron chi connectivity index (χ1n) is 4.18. The van der Waals surface area contributed by atoms with E-state index in [2.05, 4.69) is 5.32 Å². The van der Waals surface area contributed by atoms with Crippen LogP contribution in [-0.4, -0.2) is 31.0 Å². The van der Waals surface area contributed by atoms with E-state index in [0.717, 1.165) is 13.0 Å². The molecular weight excluding hydrogens is 178 g/mol. The lowest BCUT2D eigenvalue weighted by molar-refractivity contribution is -0.145. The first-order chi connectivity index (χ1) is 5.72. The van der Waals surface area contributed by atoms with Crippen molar-refractivity contribution in [2.24, 2.45) is 0 Å². The lowest BCUT2D eigenvalue weighted by Crippen LogP contribution is -2.36. The highest BCUT2D eigenvalue weighted by Gasteiger charge is 2.11. The number of carbonyl (C=O) groups excluding carboxylic acids is 1. The lowest BCUT2D eigenvalue weighted by Gasteiger charge is -2.11. The Morgan fingerprint density at radius 1 is 1.67 bits per heavy atom. The smallest absolute Gasteiger partial charge is 0.322 e. The van der Waals surface area contributed by atoms with E-state index in [9.17, 15) is 4.79 Å². The van der Waals surface area contributed by atoms with Gasteiger partial charge < -0.3 is 10.1 Å². The molecule has 1 atom stereocenters. The van der Waals surface area contributed by atoms with E-state index in [0.29, 0.717) is 12.5 Å². The summed E-state index contributed by atoms with van der Waals surface area (Å²) in [5.74, 6) is 0.412. The Kier molecular flexibility index (Phi) is 7.20. The molecule has 0 spiro atoms. The van der Waals surface area contributed by atoms with Crippen molar-refractivity contribution in [1.29, 1.82) is 0 Å². The molecule has 0 fully saturated rings. The van der Waals surface area contributed by atoms with Crippen molar-refractivity contribution in [3.63, 3.8) is 0 Å². The molecule has 0 aliphatic heterocycles. The monoisotopic (exact) mass is 193 g/mol. The van der Waals surface area contributed by atoms with Crippen LogP contribution in [0.3, 0.4) is 0 Å². The van der Waals surface area contributed by atoms with Gasteiger partial charge in [-0.2, -0.15) is 0 Å². The van der Waals surface area contributed by atoms with Crippen LogP contribution in [0, 0.1) is 0 Å². The molecular formula is C8H16ClNO2. The van der Waals surface area contributed by atoms with Gasteiger partial charge in [-0.05, 0) is 26.8 Å². The topological polar surface area (TPSA) is 38.3 Å². The molecule has 0 aliphatic rings. The highest BCUT2D eigenvalue weighted by atomic mass is 35.5. The first-order valence-corrected chi connectivity index (χ1v) is 4.71. The Labute approximate surface area is 78.4 Å². The van der Waals surface area contributed by atoms with Gasteiger partial charge in [-0.1, -0.05) is 0 Å². The summed E-state index contributed by atoms with van der Waals surface area (Å²) in [5.41, 5.74) is 0. The number of esters is 1. The van der Waals surface area contributed by atoms with E-state index < -0.39 is 0 Å². The minimum Gasteiger partial charge on any atom is -0.465 e. The SMILES string of the molecule is CCOC(=O)[C@@H](C)NCCCCl. The van der Waals surface area contributed by atoms with Crippen LogP contribution in [0.2, 0.25) is 0 Å². The zero-order valence-corrected chi connectivity index (χ0v) is 8.36. The Bertz CT molecular complexity index is 130. The highest BCUT2D eigenvalue weighted by Crippen LogP contribution is 1.89. The fourth-order valence-electron chi connectivity index (χ4n) is 0.736.